The van der Waals surface area contributed by atoms with Crippen molar-refractivity contribution < 1.29 is 13.3 Å². The van der Waals surface area contributed by atoms with Crippen molar-refractivity contribution in [2.24, 2.45) is 5.73 Å². The molecule has 0 radical (unpaired) electrons. The van der Waals surface area contributed by atoms with Gasteiger partial charge in [-0.2, -0.15) is 0 Å². The molecule has 4 N–H and O–H groups in total. The lowest BCUT2D eigenvalue weighted by molar-refractivity contribution is 0.00840. The third kappa shape index (κ3) is 7.01. The Hall–Kier alpha value is -0.633. The van der Waals surface area contributed by atoms with Crippen LogP contribution in [0.2, 0.25) is 6.04 Å². The number of nitrogens with one attached hydrogen (secondary N) is 2. The van der Waals surface area contributed by atoms with Gasteiger partial charge in [0.05, 0.1) is 18.3 Å². The molecule has 3 bridgehead atoms. The Labute approximate surface area is 172 Å². The molecule has 0 aromatic rings. The average Bonchev–Trinajstić information content (AvgIpc) is 2.92. The van der Waals surface area contributed by atoms with E-state index < -0.39 is 8.80 Å². The summed E-state index contributed by atoms with van der Waals surface area (Å²) < 4.78 is 19.5. The number of fused-ring (bicyclic) bond motifs is 2. The molecule has 2 aliphatic heterocycles. The molecule has 0 amide bonds. The second-order valence-electron chi connectivity index (χ2n) is 8.88. The zero-order valence-electron chi connectivity index (χ0n) is 17.6. The van der Waals surface area contributed by atoms with Crippen molar-refractivity contribution in [3.05, 3.63) is 0 Å². The minimum Gasteiger partial charge on any atom is -0.370 e. The van der Waals surface area contributed by atoms with Gasteiger partial charge < -0.3 is 24.3 Å². The molecule has 3 fully saturated rings. The summed E-state index contributed by atoms with van der Waals surface area (Å²) in [6, 6.07) is 0.830. The first-order valence-corrected chi connectivity index (χ1v) is 13.7. The van der Waals surface area contributed by atoms with Gasteiger partial charge in [0.15, 0.2) is 5.96 Å². The van der Waals surface area contributed by atoms with Crippen LogP contribution in [-0.4, -0.2) is 39.6 Å². The first-order valence-electron chi connectivity index (χ1n) is 11.8. The molecule has 1 aliphatic carbocycles. The van der Waals surface area contributed by atoms with Crippen molar-refractivity contribution in [3.8, 4) is 0 Å². The van der Waals surface area contributed by atoms with Crippen LogP contribution in [0, 0.1) is 5.41 Å². The summed E-state index contributed by atoms with van der Waals surface area (Å²) in [6.07, 6.45) is 19.8. The zero-order chi connectivity index (χ0) is 19.7. The molecular formula is C21H41N3O3Si. The Kier molecular flexibility index (Phi) is 9.08. The van der Waals surface area contributed by atoms with Crippen molar-refractivity contribution in [3.63, 3.8) is 0 Å². The maximum Gasteiger partial charge on any atom is 0.501 e. The molecule has 4 unspecified atom stereocenters. The van der Waals surface area contributed by atoms with Gasteiger partial charge >= 0.3 is 8.80 Å². The normalized spacial score (nSPS) is 35.4. The molecule has 4 atom stereocenters. The Morgan fingerprint density at radius 1 is 0.821 bits per heavy atom. The third-order valence-electron chi connectivity index (χ3n) is 6.41. The van der Waals surface area contributed by atoms with Gasteiger partial charge in [-0.3, -0.25) is 5.41 Å². The van der Waals surface area contributed by atoms with Crippen LogP contribution in [0.25, 0.3) is 0 Å². The number of guanidine groups is 1. The summed E-state index contributed by atoms with van der Waals surface area (Å²) in [5.74, 6) is 0.0266. The Balaban J connectivity index is 1.55. The van der Waals surface area contributed by atoms with E-state index >= 15 is 0 Å². The van der Waals surface area contributed by atoms with Crippen molar-refractivity contribution >= 4 is 14.8 Å². The average molecular weight is 412 g/mol. The van der Waals surface area contributed by atoms with E-state index in [-0.39, 0.29) is 18.2 Å². The summed E-state index contributed by atoms with van der Waals surface area (Å²) in [6.45, 7) is 0.681. The van der Waals surface area contributed by atoms with E-state index in [0.717, 1.165) is 31.7 Å². The number of rotatable bonds is 4. The first kappa shape index (κ1) is 22.1. The van der Waals surface area contributed by atoms with Gasteiger partial charge in [-0.05, 0) is 19.3 Å². The Morgan fingerprint density at radius 2 is 1.39 bits per heavy atom. The first-order chi connectivity index (χ1) is 13.7. The van der Waals surface area contributed by atoms with E-state index in [9.17, 15) is 0 Å². The molecule has 0 spiro atoms. The minimum absolute atomic E-state index is 0.0266. The smallest absolute Gasteiger partial charge is 0.370 e. The molecule has 3 rings (SSSR count). The van der Waals surface area contributed by atoms with Crippen molar-refractivity contribution in [1.29, 1.82) is 5.41 Å². The standard InChI is InChI=1S/C21H41N3O3Si/c22-21(23)24-15-12-16-28-25-18-13-10-8-6-4-2-1-3-5-7-9-11-14-19(26-28)20(17-18)27-28/h18-20H,1-17H2,(H4,22,23,24). The summed E-state index contributed by atoms with van der Waals surface area (Å²) >= 11 is 0. The van der Waals surface area contributed by atoms with Gasteiger partial charge in [0.2, 0.25) is 0 Å². The maximum absolute atomic E-state index is 7.31. The summed E-state index contributed by atoms with van der Waals surface area (Å²) in [5, 5.41) is 10.2. The van der Waals surface area contributed by atoms with Crippen LogP contribution in [0.3, 0.4) is 0 Å². The third-order valence-corrected chi connectivity index (χ3v) is 9.39. The highest BCUT2D eigenvalue weighted by Crippen LogP contribution is 2.41. The summed E-state index contributed by atoms with van der Waals surface area (Å²) in [7, 11) is -2.56. The lowest BCUT2D eigenvalue weighted by atomic mass is 9.98. The zero-order valence-corrected chi connectivity index (χ0v) is 18.6. The number of hydrogen-bond acceptors (Lipinski definition) is 4. The molecule has 0 aromatic heterocycles. The van der Waals surface area contributed by atoms with Crippen LogP contribution in [0.1, 0.15) is 96.3 Å². The maximum atomic E-state index is 7.31. The molecule has 2 heterocycles. The summed E-state index contributed by atoms with van der Waals surface area (Å²) in [4.78, 5) is 0. The highest BCUT2D eigenvalue weighted by atomic mass is 28.4. The van der Waals surface area contributed by atoms with Crippen LogP contribution >= 0.6 is 0 Å². The van der Waals surface area contributed by atoms with E-state index in [1.165, 1.54) is 70.6 Å². The van der Waals surface area contributed by atoms with Crippen molar-refractivity contribution in [2.45, 2.75) is 121 Å². The minimum atomic E-state index is -2.56. The van der Waals surface area contributed by atoms with E-state index in [1.54, 1.807) is 0 Å². The Bertz CT molecular complexity index is 478. The molecule has 1 saturated carbocycles. The molecule has 28 heavy (non-hydrogen) atoms. The second-order valence-corrected chi connectivity index (χ2v) is 11.5. The van der Waals surface area contributed by atoms with Crippen LogP contribution < -0.4 is 11.1 Å². The molecule has 7 heteroatoms. The molecule has 0 aromatic carbocycles. The molecule has 162 valence electrons. The van der Waals surface area contributed by atoms with E-state index in [1.807, 2.05) is 0 Å². The van der Waals surface area contributed by atoms with Gasteiger partial charge in [-0.1, -0.05) is 70.6 Å². The molecule has 3 aliphatic rings. The fourth-order valence-electron chi connectivity index (χ4n) is 4.89. The van der Waals surface area contributed by atoms with E-state index in [4.69, 9.17) is 24.4 Å². The number of nitrogens with two attached hydrogens (primary N) is 1. The van der Waals surface area contributed by atoms with Gasteiger partial charge in [0, 0.05) is 19.0 Å². The lowest BCUT2D eigenvalue weighted by Gasteiger charge is -2.34. The van der Waals surface area contributed by atoms with Crippen LogP contribution in [0.4, 0.5) is 0 Å². The van der Waals surface area contributed by atoms with Crippen molar-refractivity contribution in [2.75, 3.05) is 6.54 Å². The van der Waals surface area contributed by atoms with Crippen LogP contribution in [0.15, 0.2) is 0 Å². The van der Waals surface area contributed by atoms with E-state index in [0.29, 0.717) is 12.6 Å². The van der Waals surface area contributed by atoms with Gasteiger partial charge in [-0.15, -0.1) is 0 Å². The predicted molar refractivity (Wildman–Crippen MR) is 114 cm³/mol. The lowest BCUT2D eigenvalue weighted by Crippen LogP contribution is -2.49. The number of hydrogen-bond donors (Lipinski definition) is 3. The largest absolute Gasteiger partial charge is 0.501 e. The van der Waals surface area contributed by atoms with Crippen LogP contribution in [0.5, 0.6) is 0 Å². The molecule has 6 nitrogen and oxygen atoms in total. The van der Waals surface area contributed by atoms with E-state index in [2.05, 4.69) is 5.32 Å². The SMILES string of the molecule is N=C(N)NCCC[Si]12OC3CCCCCCCCCCCCCC(O1)C(C3)O2. The second kappa shape index (κ2) is 11.5. The monoisotopic (exact) mass is 411 g/mol. The quantitative estimate of drug-likeness (QED) is 0.275. The highest BCUT2D eigenvalue weighted by Gasteiger charge is 2.57. The van der Waals surface area contributed by atoms with Crippen molar-refractivity contribution in [1.82, 2.24) is 5.32 Å². The molecular weight excluding hydrogens is 370 g/mol. The Morgan fingerprint density at radius 3 is 2.04 bits per heavy atom. The van der Waals surface area contributed by atoms with Gasteiger partial charge in [0.1, 0.15) is 0 Å². The summed E-state index contributed by atoms with van der Waals surface area (Å²) in [5.41, 5.74) is 5.39. The van der Waals surface area contributed by atoms with Gasteiger partial charge in [0.25, 0.3) is 0 Å². The predicted octanol–water partition coefficient (Wildman–Crippen LogP) is 4.46. The fourth-order valence-corrected chi connectivity index (χ4v) is 8.18. The highest BCUT2D eigenvalue weighted by molar-refractivity contribution is 6.61. The molecule has 2 saturated heterocycles. The van der Waals surface area contributed by atoms with Gasteiger partial charge in [-0.25, -0.2) is 0 Å². The van der Waals surface area contributed by atoms with Crippen LogP contribution in [-0.2, 0) is 13.3 Å². The fraction of sp³-hybridized carbons (Fsp3) is 0.952. The topological polar surface area (TPSA) is 89.6 Å².